The molecule has 0 amide bonds. The Morgan fingerprint density at radius 1 is 1.00 bits per heavy atom. The molecule has 0 bridgehead atoms. The first kappa shape index (κ1) is 26.9. The van der Waals surface area contributed by atoms with E-state index in [1.165, 1.54) is 11.8 Å². The van der Waals surface area contributed by atoms with Crippen LogP contribution in [0.3, 0.4) is 0 Å². The van der Waals surface area contributed by atoms with Gasteiger partial charge in [0, 0.05) is 45.6 Å². The molecule has 5 nitrogen and oxygen atoms in total. The Bertz CT molecular complexity index is 1800. The molecule has 0 radical (unpaired) electrons. The van der Waals surface area contributed by atoms with Crippen molar-refractivity contribution in [1.29, 1.82) is 0 Å². The molecule has 5 aromatic rings. The predicted octanol–water partition coefficient (Wildman–Crippen LogP) is 7.11. The van der Waals surface area contributed by atoms with E-state index in [4.69, 9.17) is 9.97 Å². The van der Waals surface area contributed by atoms with Gasteiger partial charge in [0.2, 0.25) is 0 Å². The highest BCUT2D eigenvalue weighted by atomic mass is 32.2. The fourth-order valence-corrected chi connectivity index (χ4v) is 5.97. The summed E-state index contributed by atoms with van der Waals surface area (Å²) in [7, 11) is -1.30. The van der Waals surface area contributed by atoms with Crippen LogP contribution in [0, 0.1) is 6.92 Å². The first-order chi connectivity index (χ1) is 18.5. The third kappa shape index (κ3) is 5.71. The van der Waals surface area contributed by atoms with Crippen molar-refractivity contribution >= 4 is 43.7 Å². The van der Waals surface area contributed by atoms with Crippen LogP contribution in [0.25, 0.3) is 33.7 Å². The van der Waals surface area contributed by atoms with Crippen LogP contribution in [0.2, 0.25) is 0 Å². The molecule has 0 spiro atoms. The Labute approximate surface area is 234 Å². The van der Waals surface area contributed by atoms with Crippen LogP contribution < -0.4 is 5.32 Å². The minimum Gasteiger partial charge on any atom is -0.311 e. The van der Waals surface area contributed by atoms with Crippen molar-refractivity contribution in [2.45, 2.75) is 31.2 Å². The summed E-state index contributed by atoms with van der Waals surface area (Å²) in [5.41, 5.74) is 7.91. The molecule has 2 heterocycles. The first-order valence-electron chi connectivity index (χ1n) is 12.7. The highest BCUT2D eigenvalue weighted by molar-refractivity contribution is 7.90. The topological polar surface area (TPSA) is 72.0 Å². The second-order valence-corrected chi connectivity index (χ2v) is 13.1. The molecule has 0 atom stereocenters. The second-order valence-electron chi connectivity index (χ2n) is 10.2. The number of rotatable bonds is 7. The molecule has 0 fully saturated rings. The van der Waals surface area contributed by atoms with Crippen LogP contribution in [0.5, 0.6) is 0 Å². The van der Waals surface area contributed by atoms with Gasteiger partial charge in [-0.15, -0.1) is 11.3 Å². The summed E-state index contributed by atoms with van der Waals surface area (Å²) >= 11 is 1.58. The van der Waals surface area contributed by atoms with Gasteiger partial charge in [0.25, 0.3) is 0 Å². The quantitative estimate of drug-likeness (QED) is 0.217. The molecule has 1 N–H and O–H groups in total. The number of fused-ring (bicyclic) bond motifs is 1. The third-order valence-electron chi connectivity index (χ3n) is 7.00. The van der Waals surface area contributed by atoms with Gasteiger partial charge in [0.05, 0.1) is 10.4 Å². The molecule has 198 valence electrons. The van der Waals surface area contributed by atoms with Crippen molar-refractivity contribution in [3.8, 4) is 11.1 Å². The van der Waals surface area contributed by atoms with E-state index in [0.717, 1.165) is 49.4 Å². The van der Waals surface area contributed by atoms with Crippen LogP contribution >= 0.6 is 11.3 Å². The third-order valence-corrected chi connectivity index (χ3v) is 9.12. The van der Waals surface area contributed by atoms with Crippen molar-refractivity contribution in [1.82, 2.24) is 15.3 Å². The van der Waals surface area contributed by atoms with E-state index in [2.05, 4.69) is 67.7 Å². The number of aromatic nitrogens is 2. The van der Waals surface area contributed by atoms with E-state index in [1.807, 2.05) is 43.7 Å². The zero-order chi connectivity index (χ0) is 27.8. The summed E-state index contributed by atoms with van der Waals surface area (Å²) in [5.74, 6) is 0. The van der Waals surface area contributed by atoms with E-state index in [-0.39, 0.29) is 5.54 Å². The lowest BCUT2D eigenvalue weighted by Gasteiger charge is -2.26. The second kappa shape index (κ2) is 10.5. The van der Waals surface area contributed by atoms with Gasteiger partial charge in [0.15, 0.2) is 9.84 Å². The summed E-state index contributed by atoms with van der Waals surface area (Å²) in [4.78, 5) is 9.77. The Morgan fingerprint density at radius 3 is 2.44 bits per heavy atom. The number of nitrogens with one attached hydrogen (secondary N) is 1. The number of aryl methyl sites for hydroxylation is 1. The standard InChI is InChI=1S/C32H31N3O2S2/c1-21-20-38-31(35-21)29(23-11-13-27(14-12-23)39(5,36)37)17-22-8-6-9-24(16-22)28-19-26(32(2,3)33-4)18-25-10-7-15-34-30(25)28/h6-20,33H,1-5H3/b29-17+. The largest absolute Gasteiger partial charge is 0.311 e. The molecule has 2 aromatic heterocycles. The molecule has 0 aliphatic rings. The smallest absolute Gasteiger partial charge is 0.175 e. The van der Waals surface area contributed by atoms with E-state index in [1.54, 1.807) is 23.5 Å². The highest BCUT2D eigenvalue weighted by Crippen LogP contribution is 2.35. The zero-order valence-electron chi connectivity index (χ0n) is 22.7. The van der Waals surface area contributed by atoms with Crippen molar-refractivity contribution in [2.24, 2.45) is 0 Å². The van der Waals surface area contributed by atoms with Gasteiger partial charge < -0.3 is 5.32 Å². The maximum absolute atomic E-state index is 12.0. The SMILES string of the molecule is CNC(C)(C)c1cc(-c2cccc(/C=C(\c3ccc(S(C)(=O)=O)cc3)c3nc(C)cs3)c2)c2ncccc2c1. The molecular formula is C32H31N3O2S2. The Kier molecular flexibility index (Phi) is 7.25. The lowest BCUT2D eigenvalue weighted by atomic mass is 9.89. The average Bonchev–Trinajstić information content (AvgIpc) is 3.36. The highest BCUT2D eigenvalue weighted by Gasteiger charge is 2.20. The van der Waals surface area contributed by atoms with Crippen LogP contribution in [-0.4, -0.2) is 31.7 Å². The van der Waals surface area contributed by atoms with Crippen molar-refractivity contribution < 1.29 is 8.42 Å². The van der Waals surface area contributed by atoms with Gasteiger partial charge >= 0.3 is 0 Å². The molecular weight excluding hydrogens is 523 g/mol. The van der Waals surface area contributed by atoms with E-state index in [0.29, 0.717) is 4.90 Å². The first-order valence-corrected chi connectivity index (χ1v) is 15.5. The minimum absolute atomic E-state index is 0.204. The van der Waals surface area contributed by atoms with Gasteiger partial charge in [-0.1, -0.05) is 36.4 Å². The molecule has 3 aromatic carbocycles. The minimum atomic E-state index is -3.28. The summed E-state index contributed by atoms with van der Waals surface area (Å²) in [6.07, 6.45) is 5.18. The molecule has 39 heavy (non-hydrogen) atoms. The summed E-state index contributed by atoms with van der Waals surface area (Å²) in [5, 5.41) is 7.42. The molecule has 0 saturated carbocycles. The van der Waals surface area contributed by atoms with E-state index >= 15 is 0 Å². The lowest BCUT2D eigenvalue weighted by Crippen LogP contribution is -2.33. The van der Waals surface area contributed by atoms with E-state index in [9.17, 15) is 8.42 Å². The van der Waals surface area contributed by atoms with Gasteiger partial charge in [-0.2, -0.15) is 0 Å². The van der Waals surface area contributed by atoms with Gasteiger partial charge in [0.1, 0.15) is 5.01 Å². The van der Waals surface area contributed by atoms with Gasteiger partial charge in [-0.3, -0.25) is 4.98 Å². The number of hydrogen-bond acceptors (Lipinski definition) is 6. The maximum Gasteiger partial charge on any atom is 0.175 e. The van der Waals surface area contributed by atoms with Crippen molar-refractivity contribution in [3.63, 3.8) is 0 Å². The monoisotopic (exact) mass is 553 g/mol. The van der Waals surface area contributed by atoms with E-state index < -0.39 is 9.84 Å². The maximum atomic E-state index is 12.0. The number of thiazole rings is 1. The number of pyridine rings is 1. The summed E-state index contributed by atoms with van der Waals surface area (Å²) < 4.78 is 24.0. The number of sulfone groups is 1. The fraction of sp³-hybridized carbons (Fsp3) is 0.188. The van der Waals surface area contributed by atoms with Crippen LogP contribution in [0.15, 0.2) is 89.3 Å². The lowest BCUT2D eigenvalue weighted by molar-refractivity contribution is 0.445. The number of nitrogens with zero attached hydrogens (tertiary/aromatic N) is 2. The molecule has 0 aliphatic carbocycles. The van der Waals surface area contributed by atoms with Crippen LogP contribution in [-0.2, 0) is 15.4 Å². The van der Waals surface area contributed by atoms with Crippen molar-refractivity contribution in [3.05, 3.63) is 112 Å². The molecule has 0 unspecified atom stereocenters. The normalized spacial score (nSPS) is 12.7. The molecule has 0 saturated heterocycles. The fourth-order valence-electron chi connectivity index (χ4n) is 4.51. The predicted molar refractivity (Wildman–Crippen MR) is 163 cm³/mol. The average molecular weight is 554 g/mol. The molecule has 5 rings (SSSR count). The van der Waals surface area contributed by atoms with Crippen molar-refractivity contribution in [2.75, 3.05) is 13.3 Å². The van der Waals surface area contributed by atoms with Gasteiger partial charge in [-0.05, 0) is 92.5 Å². The Balaban J connectivity index is 1.66. The Morgan fingerprint density at radius 2 is 1.77 bits per heavy atom. The van der Waals surface area contributed by atoms with Gasteiger partial charge in [-0.25, -0.2) is 13.4 Å². The Hall–Kier alpha value is -3.65. The molecule has 0 aliphatic heterocycles. The van der Waals surface area contributed by atoms with Crippen LogP contribution in [0.4, 0.5) is 0 Å². The summed E-state index contributed by atoms with van der Waals surface area (Å²) in [6.45, 7) is 6.32. The summed E-state index contributed by atoms with van der Waals surface area (Å²) in [6, 6.07) is 23.9. The van der Waals surface area contributed by atoms with Crippen LogP contribution in [0.1, 0.15) is 41.2 Å². The molecule has 7 heteroatoms. The number of hydrogen-bond donors (Lipinski definition) is 1. The number of benzene rings is 3. The zero-order valence-corrected chi connectivity index (χ0v) is 24.3.